The third-order valence-electron chi connectivity index (χ3n) is 3.10. The van der Waals surface area contributed by atoms with Crippen molar-refractivity contribution in [3.63, 3.8) is 0 Å². The molecule has 2 aromatic carbocycles. The van der Waals surface area contributed by atoms with Gasteiger partial charge in [0.1, 0.15) is 0 Å². The second-order valence-electron chi connectivity index (χ2n) is 3.94. The first kappa shape index (κ1) is 7.29. The van der Waals surface area contributed by atoms with Crippen molar-refractivity contribution < 1.29 is 4.79 Å². The van der Waals surface area contributed by atoms with E-state index in [1.165, 1.54) is 5.39 Å². The summed E-state index contributed by atoms with van der Waals surface area (Å²) in [6.07, 6.45) is -0.120. The lowest BCUT2D eigenvalue weighted by molar-refractivity contribution is -0.110. The molecule has 2 aliphatic heterocycles. The Balaban J connectivity index is 2.17. The fourth-order valence-corrected chi connectivity index (χ4v) is 2.35. The Labute approximate surface area is 86.3 Å². The van der Waals surface area contributed by atoms with Crippen LogP contribution < -0.4 is 10.2 Å². The highest BCUT2D eigenvalue weighted by Crippen LogP contribution is 2.43. The number of nitrogens with zero attached hydrogens (tertiary/aromatic N) is 1. The molecule has 2 aromatic rings. The van der Waals surface area contributed by atoms with E-state index in [9.17, 15) is 4.79 Å². The number of amides is 1. The standard InChI is InChI=1S/C12H8N2O/c15-12-11-13-8-5-1-3-7-4-2-6-9(10(7)8)14(11)12/h1-6,11,13H. The summed E-state index contributed by atoms with van der Waals surface area (Å²) in [6.45, 7) is 0. The Morgan fingerprint density at radius 2 is 1.93 bits per heavy atom. The van der Waals surface area contributed by atoms with E-state index in [1.54, 1.807) is 4.90 Å². The van der Waals surface area contributed by atoms with E-state index < -0.39 is 0 Å². The maximum Gasteiger partial charge on any atom is 0.273 e. The molecule has 1 unspecified atom stereocenters. The lowest BCUT2D eigenvalue weighted by Crippen LogP contribution is -2.15. The summed E-state index contributed by atoms with van der Waals surface area (Å²) >= 11 is 0. The van der Waals surface area contributed by atoms with E-state index >= 15 is 0 Å². The van der Waals surface area contributed by atoms with Gasteiger partial charge in [-0.05, 0) is 17.5 Å². The maximum atomic E-state index is 11.5. The third kappa shape index (κ3) is 0.745. The summed E-state index contributed by atoms with van der Waals surface area (Å²) in [5.74, 6) is 0.165. The summed E-state index contributed by atoms with van der Waals surface area (Å²) in [5, 5.41) is 5.56. The van der Waals surface area contributed by atoms with Crippen molar-refractivity contribution in [3.05, 3.63) is 36.4 Å². The van der Waals surface area contributed by atoms with Crippen LogP contribution in [0.1, 0.15) is 0 Å². The number of benzene rings is 2. The van der Waals surface area contributed by atoms with E-state index in [1.807, 2.05) is 24.3 Å². The Bertz CT molecular complexity index is 600. The first-order chi connectivity index (χ1) is 7.36. The Kier molecular flexibility index (Phi) is 1.04. The highest BCUT2D eigenvalue weighted by atomic mass is 16.2. The van der Waals surface area contributed by atoms with Crippen LogP contribution >= 0.6 is 0 Å². The first-order valence-electron chi connectivity index (χ1n) is 4.97. The highest BCUT2D eigenvalue weighted by Gasteiger charge is 2.50. The van der Waals surface area contributed by atoms with Crippen LogP contribution in [0.3, 0.4) is 0 Å². The van der Waals surface area contributed by atoms with Gasteiger partial charge in [0.15, 0.2) is 6.17 Å². The fourth-order valence-electron chi connectivity index (χ4n) is 2.35. The van der Waals surface area contributed by atoms with Gasteiger partial charge in [-0.25, -0.2) is 0 Å². The topological polar surface area (TPSA) is 32.1 Å². The average Bonchev–Trinajstić information content (AvgIpc) is 2.91. The molecule has 1 amide bonds. The minimum atomic E-state index is -0.120. The summed E-state index contributed by atoms with van der Waals surface area (Å²) in [5.41, 5.74) is 2.10. The Morgan fingerprint density at radius 3 is 2.80 bits per heavy atom. The summed E-state index contributed by atoms with van der Waals surface area (Å²) in [4.78, 5) is 13.3. The van der Waals surface area contributed by atoms with Gasteiger partial charge in [0.05, 0.1) is 5.69 Å². The van der Waals surface area contributed by atoms with Gasteiger partial charge in [-0.1, -0.05) is 24.3 Å². The normalized spacial score (nSPS) is 21.2. The number of rotatable bonds is 0. The van der Waals surface area contributed by atoms with Gasteiger partial charge in [-0.15, -0.1) is 0 Å². The van der Waals surface area contributed by atoms with Gasteiger partial charge in [0.25, 0.3) is 5.91 Å². The minimum absolute atomic E-state index is 0.120. The average molecular weight is 196 g/mol. The molecule has 0 saturated carbocycles. The number of hydrogen-bond donors (Lipinski definition) is 1. The van der Waals surface area contributed by atoms with Gasteiger partial charge < -0.3 is 5.32 Å². The zero-order chi connectivity index (χ0) is 9.99. The fraction of sp³-hybridized carbons (Fsp3) is 0.0833. The van der Waals surface area contributed by atoms with Crippen molar-refractivity contribution in [2.45, 2.75) is 6.17 Å². The second-order valence-corrected chi connectivity index (χ2v) is 3.94. The van der Waals surface area contributed by atoms with E-state index in [-0.39, 0.29) is 12.1 Å². The molecule has 0 radical (unpaired) electrons. The van der Waals surface area contributed by atoms with Crippen molar-refractivity contribution in [2.24, 2.45) is 0 Å². The summed E-state index contributed by atoms with van der Waals surface area (Å²) in [7, 11) is 0. The smallest absolute Gasteiger partial charge is 0.273 e. The highest BCUT2D eigenvalue weighted by molar-refractivity contribution is 6.25. The zero-order valence-corrected chi connectivity index (χ0v) is 7.90. The molecule has 1 saturated heterocycles. The molecule has 1 fully saturated rings. The molecular weight excluding hydrogens is 188 g/mol. The van der Waals surface area contributed by atoms with Crippen LogP contribution in [0.4, 0.5) is 11.4 Å². The molecule has 72 valence electrons. The van der Waals surface area contributed by atoms with Gasteiger partial charge >= 0.3 is 0 Å². The monoisotopic (exact) mass is 196 g/mol. The lowest BCUT2D eigenvalue weighted by Gasteiger charge is -2.17. The van der Waals surface area contributed by atoms with Crippen molar-refractivity contribution in [1.82, 2.24) is 0 Å². The van der Waals surface area contributed by atoms with Crippen LogP contribution in [0.25, 0.3) is 10.8 Å². The molecule has 0 aliphatic carbocycles. The molecule has 4 rings (SSSR count). The molecule has 0 aromatic heterocycles. The van der Waals surface area contributed by atoms with Crippen LogP contribution in [0.15, 0.2) is 36.4 Å². The molecular formula is C12H8N2O. The lowest BCUT2D eigenvalue weighted by atomic mass is 10.1. The van der Waals surface area contributed by atoms with E-state index in [0.29, 0.717) is 0 Å². The van der Waals surface area contributed by atoms with Crippen LogP contribution in [0, 0.1) is 0 Å². The number of fused-ring (bicyclic) bond motifs is 2. The minimum Gasteiger partial charge on any atom is -0.357 e. The molecule has 0 spiro atoms. The predicted octanol–water partition coefficient (Wildman–Crippen LogP) is 1.94. The Hall–Kier alpha value is -2.03. The van der Waals surface area contributed by atoms with Crippen molar-refractivity contribution in [2.75, 3.05) is 10.2 Å². The number of hydrogen-bond acceptors (Lipinski definition) is 2. The number of anilines is 2. The number of carbonyl (C=O) groups excluding carboxylic acids is 1. The SMILES string of the molecule is O=C1C2Nc3cccc4cccc(c34)N12. The van der Waals surface area contributed by atoms with Crippen LogP contribution in [-0.4, -0.2) is 12.1 Å². The molecule has 0 bridgehead atoms. The molecule has 3 nitrogen and oxygen atoms in total. The van der Waals surface area contributed by atoms with Gasteiger partial charge in [0.2, 0.25) is 0 Å². The third-order valence-corrected chi connectivity index (χ3v) is 3.10. The predicted molar refractivity (Wildman–Crippen MR) is 58.8 cm³/mol. The van der Waals surface area contributed by atoms with Crippen LogP contribution in [0.2, 0.25) is 0 Å². The Morgan fingerprint density at radius 1 is 1.13 bits per heavy atom. The molecule has 3 heteroatoms. The van der Waals surface area contributed by atoms with E-state index in [0.717, 1.165) is 16.8 Å². The van der Waals surface area contributed by atoms with Crippen LogP contribution in [0.5, 0.6) is 0 Å². The maximum absolute atomic E-state index is 11.5. The summed E-state index contributed by atoms with van der Waals surface area (Å²) in [6, 6.07) is 12.2. The molecule has 1 N–H and O–H groups in total. The van der Waals surface area contributed by atoms with Crippen LogP contribution in [-0.2, 0) is 4.79 Å². The van der Waals surface area contributed by atoms with Crippen molar-refractivity contribution in [1.29, 1.82) is 0 Å². The molecule has 15 heavy (non-hydrogen) atoms. The molecule has 2 heterocycles. The molecule has 1 atom stereocenters. The van der Waals surface area contributed by atoms with Gasteiger partial charge in [-0.3, -0.25) is 9.69 Å². The van der Waals surface area contributed by atoms with Gasteiger partial charge in [-0.2, -0.15) is 0 Å². The van der Waals surface area contributed by atoms with Crippen molar-refractivity contribution in [3.8, 4) is 0 Å². The van der Waals surface area contributed by atoms with Gasteiger partial charge in [0, 0.05) is 11.1 Å². The largest absolute Gasteiger partial charge is 0.357 e. The number of carbonyl (C=O) groups is 1. The summed E-state index contributed by atoms with van der Waals surface area (Å²) < 4.78 is 0. The zero-order valence-electron chi connectivity index (χ0n) is 7.90. The first-order valence-corrected chi connectivity index (χ1v) is 4.97. The number of nitrogens with one attached hydrogen (secondary N) is 1. The van der Waals surface area contributed by atoms with Crippen molar-refractivity contribution >= 4 is 28.1 Å². The second kappa shape index (κ2) is 2.14. The quantitative estimate of drug-likeness (QED) is 0.653. The van der Waals surface area contributed by atoms with E-state index in [4.69, 9.17) is 0 Å². The molecule has 2 aliphatic rings. The van der Waals surface area contributed by atoms with E-state index in [2.05, 4.69) is 17.4 Å².